The van der Waals surface area contributed by atoms with Gasteiger partial charge in [0.1, 0.15) is 0 Å². The molecule has 1 saturated heterocycles. The SMILES string of the molecule is CN(C)C[C@]1(O)CCN(C(=O)c2ccc(CCC(C)(C)O)cc2)C1. The number of nitrogens with zero attached hydrogens (tertiary/aromatic N) is 2. The van der Waals surface area contributed by atoms with E-state index in [0.717, 1.165) is 12.0 Å². The summed E-state index contributed by atoms with van der Waals surface area (Å²) in [7, 11) is 3.85. The molecule has 0 spiro atoms. The van der Waals surface area contributed by atoms with E-state index in [9.17, 15) is 15.0 Å². The van der Waals surface area contributed by atoms with Gasteiger partial charge in [-0.05, 0) is 64.9 Å². The summed E-state index contributed by atoms with van der Waals surface area (Å²) in [5.74, 6) is -0.0290. The average molecular weight is 334 g/mol. The molecular formula is C19H30N2O3. The first-order valence-corrected chi connectivity index (χ1v) is 8.56. The van der Waals surface area contributed by atoms with E-state index in [2.05, 4.69) is 0 Å². The van der Waals surface area contributed by atoms with Gasteiger partial charge < -0.3 is 20.0 Å². The number of likely N-dealkylation sites (tertiary alicyclic amines) is 1. The maximum Gasteiger partial charge on any atom is 0.253 e. The number of benzene rings is 1. The van der Waals surface area contributed by atoms with Crippen LogP contribution in [0.2, 0.25) is 0 Å². The highest BCUT2D eigenvalue weighted by Gasteiger charge is 2.38. The van der Waals surface area contributed by atoms with Gasteiger partial charge in [-0.2, -0.15) is 0 Å². The van der Waals surface area contributed by atoms with E-state index < -0.39 is 11.2 Å². The van der Waals surface area contributed by atoms with E-state index in [1.165, 1.54) is 0 Å². The van der Waals surface area contributed by atoms with Gasteiger partial charge in [-0.1, -0.05) is 12.1 Å². The summed E-state index contributed by atoms with van der Waals surface area (Å²) in [5, 5.41) is 20.3. The predicted octanol–water partition coefficient (Wildman–Crippen LogP) is 1.53. The van der Waals surface area contributed by atoms with Crippen molar-refractivity contribution in [1.29, 1.82) is 0 Å². The summed E-state index contributed by atoms with van der Waals surface area (Å²) in [4.78, 5) is 16.3. The summed E-state index contributed by atoms with van der Waals surface area (Å²) in [6, 6.07) is 7.57. The van der Waals surface area contributed by atoms with Crippen LogP contribution in [0.25, 0.3) is 0 Å². The van der Waals surface area contributed by atoms with E-state index >= 15 is 0 Å². The van der Waals surface area contributed by atoms with Crippen molar-refractivity contribution < 1.29 is 15.0 Å². The molecule has 1 aromatic carbocycles. The molecule has 2 N–H and O–H groups in total. The lowest BCUT2D eigenvalue weighted by molar-refractivity contribution is 0.0236. The molecule has 0 bridgehead atoms. The topological polar surface area (TPSA) is 64.0 Å². The molecule has 0 unspecified atom stereocenters. The van der Waals surface area contributed by atoms with Gasteiger partial charge in [-0.25, -0.2) is 0 Å². The third kappa shape index (κ3) is 5.30. The molecule has 0 aromatic heterocycles. The Balaban J connectivity index is 1.96. The number of amides is 1. The van der Waals surface area contributed by atoms with Crippen LogP contribution in [-0.2, 0) is 6.42 Å². The number of rotatable bonds is 6. The van der Waals surface area contributed by atoms with Crippen LogP contribution in [0.1, 0.15) is 42.6 Å². The van der Waals surface area contributed by atoms with Crippen LogP contribution in [-0.4, -0.2) is 70.9 Å². The zero-order valence-electron chi connectivity index (χ0n) is 15.2. The normalized spacial score (nSPS) is 21.5. The molecule has 134 valence electrons. The summed E-state index contributed by atoms with van der Waals surface area (Å²) in [5.41, 5.74) is 0.266. The second-order valence-electron chi connectivity index (χ2n) is 7.95. The predicted molar refractivity (Wildman–Crippen MR) is 95.1 cm³/mol. The zero-order chi connectivity index (χ0) is 18.0. The second-order valence-corrected chi connectivity index (χ2v) is 7.95. The van der Waals surface area contributed by atoms with Gasteiger partial charge in [-0.15, -0.1) is 0 Å². The minimum atomic E-state index is -0.814. The first kappa shape index (κ1) is 18.9. The number of carbonyl (C=O) groups excluding carboxylic acids is 1. The minimum absolute atomic E-state index is 0.0290. The molecule has 5 heteroatoms. The summed E-state index contributed by atoms with van der Waals surface area (Å²) < 4.78 is 0. The number of hydrogen-bond donors (Lipinski definition) is 2. The quantitative estimate of drug-likeness (QED) is 0.828. The van der Waals surface area contributed by atoms with Crippen molar-refractivity contribution in [3.63, 3.8) is 0 Å². The van der Waals surface area contributed by atoms with E-state index in [1.807, 2.05) is 43.3 Å². The number of aliphatic hydroxyl groups is 2. The smallest absolute Gasteiger partial charge is 0.253 e. The lowest BCUT2D eigenvalue weighted by Gasteiger charge is -2.26. The maximum absolute atomic E-state index is 12.6. The van der Waals surface area contributed by atoms with E-state index in [1.54, 1.807) is 18.7 Å². The molecule has 0 aliphatic carbocycles. The fourth-order valence-corrected chi connectivity index (χ4v) is 3.19. The number of likely N-dealkylation sites (N-methyl/N-ethyl adjacent to an activating group) is 1. The Bertz CT molecular complexity index is 563. The molecule has 1 atom stereocenters. The molecule has 0 radical (unpaired) electrons. The van der Waals surface area contributed by atoms with Crippen LogP contribution in [0.4, 0.5) is 0 Å². The standard InChI is InChI=1S/C19H30N2O3/c1-18(2,23)10-9-15-5-7-16(8-6-15)17(22)21-12-11-19(24,14-21)13-20(3)4/h5-8,23-24H,9-14H2,1-4H3/t19-/m1/s1. The Kier molecular flexibility index (Phi) is 5.68. The van der Waals surface area contributed by atoms with Crippen LogP contribution < -0.4 is 0 Å². The van der Waals surface area contributed by atoms with Crippen molar-refractivity contribution in [1.82, 2.24) is 9.80 Å². The molecule has 1 aromatic rings. The van der Waals surface area contributed by atoms with Gasteiger partial charge in [0.2, 0.25) is 0 Å². The molecule has 1 fully saturated rings. The van der Waals surface area contributed by atoms with Gasteiger partial charge in [0.15, 0.2) is 0 Å². The Labute approximate surface area is 144 Å². The maximum atomic E-state index is 12.6. The van der Waals surface area contributed by atoms with E-state index in [4.69, 9.17) is 0 Å². The fourth-order valence-electron chi connectivity index (χ4n) is 3.19. The third-order valence-corrected chi connectivity index (χ3v) is 4.46. The van der Waals surface area contributed by atoms with E-state index in [0.29, 0.717) is 38.0 Å². The molecule has 1 amide bonds. The molecule has 5 nitrogen and oxygen atoms in total. The van der Waals surface area contributed by atoms with Crippen molar-refractivity contribution in [3.05, 3.63) is 35.4 Å². The van der Waals surface area contributed by atoms with Crippen LogP contribution >= 0.6 is 0 Å². The first-order valence-electron chi connectivity index (χ1n) is 8.56. The zero-order valence-corrected chi connectivity index (χ0v) is 15.2. The number of carbonyl (C=O) groups is 1. The fraction of sp³-hybridized carbons (Fsp3) is 0.632. The van der Waals surface area contributed by atoms with Crippen LogP contribution in [0.15, 0.2) is 24.3 Å². The summed E-state index contributed by atoms with van der Waals surface area (Å²) in [6.45, 7) is 5.13. The molecular weight excluding hydrogens is 304 g/mol. The van der Waals surface area contributed by atoms with Crippen molar-refractivity contribution in [2.75, 3.05) is 33.7 Å². The van der Waals surface area contributed by atoms with Gasteiger partial charge in [0.05, 0.1) is 17.7 Å². The monoisotopic (exact) mass is 334 g/mol. The van der Waals surface area contributed by atoms with Gasteiger partial charge in [-0.3, -0.25) is 4.79 Å². The number of aryl methyl sites for hydroxylation is 1. The van der Waals surface area contributed by atoms with Crippen molar-refractivity contribution in [2.24, 2.45) is 0 Å². The van der Waals surface area contributed by atoms with E-state index in [-0.39, 0.29) is 5.91 Å². The Hall–Kier alpha value is -1.43. The summed E-state index contributed by atoms with van der Waals surface area (Å²) >= 11 is 0. The lowest BCUT2D eigenvalue weighted by Crippen LogP contribution is -2.43. The summed E-state index contributed by atoms with van der Waals surface area (Å²) in [6.07, 6.45) is 2.08. The number of hydrogen-bond acceptors (Lipinski definition) is 4. The second kappa shape index (κ2) is 7.21. The van der Waals surface area contributed by atoms with Gasteiger partial charge >= 0.3 is 0 Å². The van der Waals surface area contributed by atoms with Crippen molar-refractivity contribution in [3.8, 4) is 0 Å². The molecule has 1 aliphatic heterocycles. The highest BCUT2D eigenvalue weighted by molar-refractivity contribution is 5.94. The minimum Gasteiger partial charge on any atom is -0.390 e. The van der Waals surface area contributed by atoms with Gasteiger partial charge in [0, 0.05) is 18.7 Å². The Morgan fingerprint density at radius 1 is 1.29 bits per heavy atom. The van der Waals surface area contributed by atoms with Crippen LogP contribution in [0, 0.1) is 0 Å². The largest absolute Gasteiger partial charge is 0.390 e. The Morgan fingerprint density at radius 2 is 1.92 bits per heavy atom. The van der Waals surface area contributed by atoms with Crippen LogP contribution in [0.3, 0.4) is 0 Å². The molecule has 24 heavy (non-hydrogen) atoms. The third-order valence-electron chi connectivity index (χ3n) is 4.46. The first-order chi connectivity index (χ1) is 11.1. The molecule has 1 heterocycles. The molecule has 0 saturated carbocycles. The highest BCUT2D eigenvalue weighted by atomic mass is 16.3. The average Bonchev–Trinajstić information content (AvgIpc) is 2.85. The highest BCUT2D eigenvalue weighted by Crippen LogP contribution is 2.24. The number of β-amino-alcohol motifs (C(OH)–C–C–N with tert-alkyl or cyclic N) is 1. The van der Waals surface area contributed by atoms with Gasteiger partial charge in [0.25, 0.3) is 5.91 Å². The molecule has 2 rings (SSSR count). The lowest BCUT2D eigenvalue weighted by atomic mass is 9.98. The molecule has 1 aliphatic rings. The van der Waals surface area contributed by atoms with Crippen LogP contribution in [0.5, 0.6) is 0 Å². The Morgan fingerprint density at radius 3 is 2.46 bits per heavy atom. The van der Waals surface area contributed by atoms with Crippen molar-refractivity contribution in [2.45, 2.75) is 44.3 Å². The van der Waals surface area contributed by atoms with Crippen molar-refractivity contribution >= 4 is 5.91 Å².